The molecule has 140 valence electrons. The SMILES string of the molecule is CCC(Sc1nc2c(cc1C#N)CCCC2)C(=O)Nc1ccc(F)c(Cl)c1. The quantitative estimate of drug-likeness (QED) is 0.702. The molecule has 1 atom stereocenters. The summed E-state index contributed by atoms with van der Waals surface area (Å²) in [5.74, 6) is -0.762. The summed E-state index contributed by atoms with van der Waals surface area (Å²) < 4.78 is 13.3. The van der Waals surface area contributed by atoms with E-state index in [1.54, 1.807) is 0 Å². The number of carbonyl (C=O) groups excluding carboxylic acids is 1. The van der Waals surface area contributed by atoms with Crippen LogP contribution in [0.15, 0.2) is 29.3 Å². The van der Waals surface area contributed by atoms with Gasteiger partial charge in [0.2, 0.25) is 5.91 Å². The standard InChI is InChI=1S/C20H19ClFN3OS/c1-2-18(19(26)24-14-7-8-16(22)15(21)10-14)27-20-13(11-23)9-12-5-3-4-6-17(12)25-20/h7-10,18H,2-6H2,1H3,(H,24,26). The van der Waals surface area contributed by atoms with E-state index in [0.29, 0.717) is 22.7 Å². The third-order valence-electron chi connectivity index (χ3n) is 4.49. The van der Waals surface area contributed by atoms with Crippen LogP contribution in [0.25, 0.3) is 0 Å². The monoisotopic (exact) mass is 403 g/mol. The minimum atomic E-state index is -0.534. The Hall–Kier alpha value is -2.10. The molecule has 0 fully saturated rings. The van der Waals surface area contributed by atoms with E-state index in [9.17, 15) is 14.4 Å². The summed E-state index contributed by atoms with van der Waals surface area (Å²) in [7, 11) is 0. The molecule has 1 unspecified atom stereocenters. The maximum atomic E-state index is 13.3. The number of fused-ring (bicyclic) bond motifs is 1. The summed E-state index contributed by atoms with van der Waals surface area (Å²) in [5.41, 5.74) is 3.12. The molecule has 1 heterocycles. The van der Waals surface area contributed by atoms with Gasteiger partial charge in [0.1, 0.15) is 16.9 Å². The van der Waals surface area contributed by atoms with Gasteiger partial charge in [0.05, 0.1) is 15.8 Å². The number of pyridine rings is 1. The van der Waals surface area contributed by atoms with Crippen molar-refractivity contribution in [1.82, 2.24) is 4.98 Å². The molecule has 27 heavy (non-hydrogen) atoms. The number of hydrogen-bond donors (Lipinski definition) is 1. The molecule has 1 aromatic heterocycles. The third kappa shape index (κ3) is 4.60. The van der Waals surface area contributed by atoms with E-state index in [2.05, 4.69) is 16.4 Å². The molecule has 1 aliphatic carbocycles. The normalized spacial score (nSPS) is 14.1. The number of anilines is 1. The number of thioether (sulfide) groups is 1. The number of rotatable bonds is 5. The van der Waals surface area contributed by atoms with Crippen LogP contribution in [0.5, 0.6) is 0 Å². The number of nitrogens with zero attached hydrogens (tertiary/aromatic N) is 2. The van der Waals surface area contributed by atoms with Gasteiger partial charge in [-0.2, -0.15) is 5.26 Å². The van der Waals surface area contributed by atoms with E-state index < -0.39 is 11.1 Å². The van der Waals surface area contributed by atoms with Crippen molar-refractivity contribution < 1.29 is 9.18 Å². The summed E-state index contributed by atoms with van der Waals surface area (Å²) >= 11 is 7.06. The number of hydrogen-bond acceptors (Lipinski definition) is 4. The van der Waals surface area contributed by atoms with E-state index in [1.165, 1.54) is 30.0 Å². The Morgan fingerprint density at radius 3 is 2.89 bits per heavy atom. The average molecular weight is 404 g/mol. The van der Waals surface area contributed by atoms with E-state index in [0.717, 1.165) is 36.9 Å². The van der Waals surface area contributed by atoms with Crippen LogP contribution >= 0.6 is 23.4 Å². The maximum absolute atomic E-state index is 13.3. The number of nitrogens with one attached hydrogen (secondary N) is 1. The van der Waals surface area contributed by atoms with Crippen molar-refractivity contribution in [1.29, 1.82) is 5.26 Å². The zero-order chi connectivity index (χ0) is 19.4. The lowest BCUT2D eigenvalue weighted by Gasteiger charge is -2.19. The van der Waals surface area contributed by atoms with Gasteiger partial charge in [-0.3, -0.25) is 4.79 Å². The van der Waals surface area contributed by atoms with E-state index in [1.807, 2.05) is 13.0 Å². The van der Waals surface area contributed by atoms with Crippen LogP contribution in [0.3, 0.4) is 0 Å². The second kappa shape index (κ2) is 8.73. The molecule has 0 spiro atoms. The van der Waals surface area contributed by atoms with Gasteiger partial charge in [-0.1, -0.05) is 30.3 Å². The summed E-state index contributed by atoms with van der Waals surface area (Å²) in [5, 5.41) is 12.4. The van der Waals surface area contributed by atoms with Crippen molar-refractivity contribution in [3.63, 3.8) is 0 Å². The Morgan fingerprint density at radius 1 is 1.41 bits per heavy atom. The molecule has 1 aromatic carbocycles. The van der Waals surface area contributed by atoms with Crippen LogP contribution in [0.1, 0.15) is 43.0 Å². The molecule has 1 N–H and O–H groups in total. The predicted octanol–water partition coefficient (Wildman–Crippen LogP) is 5.13. The fourth-order valence-corrected chi connectivity index (χ4v) is 4.22. The average Bonchev–Trinajstić information content (AvgIpc) is 2.68. The number of nitriles is 1. The minimum Gasteiger partial charge on any atom is -0.325 e. The van der Waals surface area contributed by atoms with Crippen LogP contribution in [0.4, 0.5) is 10.1 Å². The topological polar surface area (TPSA) is 65.8 Å². The second-order valence-electron chi connectivity index (χ2n) is 6.40. The van der Waals surface area contributed by atoms with Gasteiger partial charge in [0.15, 0.2) is 0 Å². The van der Waals surface area contributed by atoms with Crippen molar-refractivity contribution in [2.45, 2.75) is 49.3 Å². The Bertz CT molecular complexity index is 913. The van der Waals surface area contributed by atoms with Crippen LogP contribution in [-0.2, 0) is 17.6 Å². The highest BCUT2D eigenvalue weighted by Gasteiger charge is 2.23. The molecule has 7 heteroatoms. The van der Waals surface area contributed by atoms with Crippen LogP contribution in [0, 0.1) is 17.1 Å². The fourth-order valence-electron chi connectivity index (χ4n) is 3.04. The summed E-state index contributed by atoms with van der Waals surface area (Å²) in [6.07, 6.45) is 4.64. The summed E-state index contributed by atoms with van der Waals surface area (Å²) in [6.45, 7) is 1.90. The minimum absolute atomic E-state index is 0.0448. The lowest BCUT2D eigenvalue weighted by Crippen LogP contribution is -2.25. The first-order valence-electron chi connectivity index (χ1n) is 8.87. The number of aromatic nitrogens is 1. The maximum Gasteiger partial charge on any atom is 0.237 e. The van der Waals surface area contributed by atoms with Crippen molar-refractivity contribution >= 4 is 35.0 Å². The highest BCUT2D eigenvalue weighted by Crippen LogP contribution is 2.31. The summed E-state index contributed by atoms with van der Waals surface area (Å²) in [6, 6.07) is 8.17. The number of carbonyl (C=O) groups is 1. The van der Waals surface area contributed by atoms with Gasteiger partial charge in [-0.15, -0.1) is 0 Å². The molecule has 0 saturated carbocycles. The Morgan fingerprint density at radius 2 is 2.19 bits per heavy atom. The molecular weight excluding hydrogens is 385 g/mol. The van der Waals surface area contributed by atoms with Crippen molar-refractivity contribution in [2.75, 3.05) is 5.32 Å². The molecule has 0 aliphatic heterocycles. The van der Waals surface area contributed by atoms with Gasteiger partial charge in [0, 0.05) is 11.4 Å². The third-order valence-corrected chi connectivity index (χ3v) is 6.15. The van der Waals surface area contributed by atoms with Crippen molar-refractivity contribution in [3.05, 3.63) is 51.9 Å². The van der Waals surface area contributed by atoms with Gasteiger partial charge in [-0.25, -0.2) is 9.37 Å². The van der Waals surface area contributed by atoms with Gasteiger partial charge < -0.3 is 5.32 Å². The van der Waals surface area contributed by atoms with Crippen LogP contribution in [0.2, 0.25) is 5.02 Å². The fraction of sp³-hybridized carbons (Fsp3) is 0.350. The molecule has 0 saturated heterocycles. The molecule has 1 amide bonds. The van der Waals surface area contributed by atoms with Crippen LogP contribution in [-0.4, -0.2) is 16.1 Å². The van der Waals surface area contributed by atoms with Gasteiger partial charge >= 0.3 is 0 Å². The molecule has 3 rings (SSSR count). The Balaban J connectivity index is 1.79. The first-order valence-corrected chi connectivity index (χ1v) is 10.1. The van der Waals surface area contributed by atoms with Gasteiger partial charge in [0.25, 0.3) is 0 Å². The lowest BCUT2D eigenvalue weighted by molar-refractivity contribution is -0.115. The molecule has 2 aromatic rings. The number of benzene rings is 1. The van der Waals surface area contributed by atoms with E-state index in [4.69, 9.17) is 11.6 Å². The lowest BCUT2D eigenvalue weighted by atomic mass is 9.95. The van der Waals surface area contributed by atoms with Gasteiger partial charge in [-0.05, 0) is 61.9 Å². The first kappa shape index (κ1) is 19.7. The molecule has 0 radical (unpaired) electrons. The van der Waals surface area contributed by atoms with Crippen molar-refractivity contribution in [3.8, 4) is 6.07 Å². The second-order valence-corrected chi connectivity index (χ2v) is 8.00. The first-order chi connectivity index (χ1) is 13.0. The molecule has 1 aliphatic rings. The number of halogens is 2. The Labute approximate surface area is 167 Å². The molecule has 0 bridgehead atoms. The molecular formula is C20H19ClFN3OS. The summed E-state index contributed by atoms with van der Waals surface area (Å²) in [4.78, 5) is 17.3. The van der Waals surface area contributed by atoms with E-state index >= 15 is 0 Å². The number of aryl methyl sites for hydroxylation is 2. The molecule has 4 nitrogen and oxygen atoms in total. The zero-order valence-electron chi connectivity index (χ0n) is 14.9. The number of amides is 1. The largest absolute Gasteiger partial charge is 0.325 e. The van der Waals surface area contributed by atoms with Crippen LogP contribution < -0.4 is 5.32 Å². The van der Waals surface area contributed by atoms with E-state index in [-0.39, 0.29) is 10.9 Å². The highest BCUT2D eigenvalue weighted by molar-refractivity contribution is 8.00. The smallest absolute Gasteiger partial charge is 0.237 e. The highest BCUT2D eigenvalue weighted by atomic mass is 35.5. The predicted molar refractivity (Wildman–Crippen MR) is 106 cm³/mol. The zero-order valence-corrected chi connectivity index (χ0v) is 16.5. The van der Waals surface area contributed by atoms with Crippen molar-refractivity contribution in [2.24, 2.45) is 0 Å². The Kier molecular flexibility index (Phi) is 6.35.